The SMILES string of the molecule is CCc1cccc(N2CCNC(C)(C)C2)c1. The van der Waals surface area contributed by atoms with Gasteiger partial charge in [0, 0.05) is 30.9 Å². The number of nitrogens with one attached hydrogen (secondary N) is 1. The zero-order chi connectivity index (χ0) is 11.6. The van der Waals surface area contributed by atoms with Crippen LogP contribution in [0.5, 0.6) is 0 Å². The van der Waals surface area contributed by atoms with Crippen molar-refractivity contribution in [2.45, 2.75) is 32.7 Å². The second-order valence-electron chi connectivity index (χ2n) is 5.26. The molecular weight excluding hydrogens is 196 g/mol. The van der Waals surface area contributed by atoms with E-state index in [1.807, 2.05) is 0 Å². The van der Waals surface area contributed by atoms with Gasteiger partial charge >= 0.3 is 0 Å². The average Bonchev–Trinajstić information content (AvgIpc) is 2.28. The molecule has 1 fully saturated rings. The fourth-order valence-corrected chi connectivity index (χ4v) is 2.33. The Balaban J connectivity index is 2.16. The lowest BCUT2D eigenvalue weighted by Crippen LogP contribution is -2.57. The predicted molar refractivity (Wildman–Crippen MR) is 70.1 cm³/mol. The fraction of sp³-hybridized carbons (Fsp3) is 0.571. The van der Waals surface area contributed by atoms with E-state index in [4.69, 9.17) is 0 Å². The number of aryl methyl sites for hydroxylation is 1. The average molecular weight is 218 g/mol. The zero-order valence-corrected chi connectivity index (χ0v) is 10.6. The summed E-state index contributed by atoms with van der Waals surface area (Å²) in [6.45, 7) is 10.0. The Morgan fingerprint density at radius 2 is 2.19 bits per heavy atom. The molecule has 1 N–H and O–H groups in total. The summed E-state index contributed by atoms with van der Waals surface area (Å²) in [6, 6.07) is 8.92. The Morgan fingerprint density at radius 1 is 1.38 bits per heavy atom. The number of rotatable bonds is 2. The van der Waals surface area contributed by atoms with Crippen LogP contribution in [0.2, 0.25) is 0 Å². The van der Waals surface area contributed by atoms with Crippen LogP contribution in [0.15, 0.2) is 24.3 Å². The van der Waals surface area contributed by atoms with Gasteiger partial charge in [-0.1, -0.05) is 19.1 Å². The van der Waals surface area contributed by atoms with Gasteiger partial charge in [0.1, 0.15) is 0 Å². The maximum Gasteiger partial charge on any atom is 0.0370 e. The van der Waals surface area contributed by atoms with Gasteiger partial charge in [0.25, 0.3) is 0 Å². The summed E-state index contributed by atoms with van der Waals surface area (Å²) >= 11 is 0. The Labute approximate surface area is 98.7 Å². The van der Waals surface area contributed by atoms with E-state index in [0.29, 0.717) is 0 Å². The van der Waals surface area contributed by atoms with Crippen LogP contribution >= 0.6 is 0 Å². The molecule has 0 amide bonds. The highest BCUT2D eigenvalue weighted by molar-refractivity contribution is 5.49. The second kappa shape index (κ2) is 4.46. The Bertz CT molecular complexity index is 358. The molecule has 0 saturated carbocycles. The van der Waals surface area contributed by atoms with Crippen LogP contribution in [-0.2, 0) is 6.42 Å². The van der Waals surface area contributed by atoms with Gasteiger partial charge in [0.15, 0.2) is 0 Å². The summed E-state index contributed by atoms with van der Waals surface area (Å²) in [4.78, 5) is 2.48. The molecule has 0 unspecified atom stereocenters. The summed E-state index contributed by atoms with van der Waals surface area (Å²) in [5.74, 6) is 0. The van der Waals surface area contributed by atoms with Gasteiger partial charge in [-0.2, -0.15) is 0 Å². The minimum Gasteiger partial charge on any atom is -0.368 e. The van der Waals surface area contributed by atoms with Gasteiger partial charge in [-0.05, 0) is 38.0 Å². The highest BCUT2D eigenvalue weighted by atomic mass is 15.2. The fourth-order valence-electron chi connectivity index (χ4n) is 2.33. The number of nitrogens with zero attached hydrogens (tertiary/aromatic N) is 1. The Kier molecular flexibility index (Phi) is 3.20. The van der Waals surface area contributed by atoms with E-state index in [1.165, 1.54) is 11.3 Å². The first kappa shape index (κ1) is 11.5. The molecule has 0 radical (unpaired) electrons. The summed E-state index contributed by atoms with van der Waals surface area (Å²) in [7, 11) is 0. The minimum atomic E-state index is 0.223. The number of anilines is 1. The lowest BCUT2D eigenvalue weighted by atomic mass is 10.0. The Morgan fingerprint density at radius 3 is 2.88 bits per heavy atom. The van der Waals surface area contributed by atoms with Gasteiger partial charge in [-0.3, -0.25) is 0 Å². The molecule has 88 valence electrons. The quantitative estimate of drug-likeness (QED) is 0.820. The summed E-state index contributed by atoms with van der Waals surface area (Å²) < 4.78 is 0. The van der Waals surface area contributed by atoms with Crippen LogP contribution in [0, 0.1) is 0 Å². The predicted octanol–water partition coefficient (Wildman–Crippen LogP) is 2.44. The van der Waals surface area contributed by atoms with Crippen LogP contribution in [0.3, 0.4) is 0 Å². The minimum absolute atomic E-state index is 0.223. The van der Waals surface area contributed by atoms with Gasteiger partial charge in [-0.15, -0.1) is 0 Å². The maximum atomic E-state index is 3.55. The Hall–Kier alpha value is -1.02. The van der Waals surface area contributed by atoms with Crippen molar-refractivity contribution in [3.05, 3.63) is 29.8 Å². The van der Waals surface area contributed by atoms with E-state index >= 15 is 0 Å². The molecule has 1 aromatic rings. The summed E-state index contributed by atoms with van der Waals surface area (Å²) in [5, 5.41) is 3.55. The number of hydrogen-bond acceptors (Lipinski definition) is 2. The second-order valence-corrected chi connectivity index (χ2v) is 5.26. The zero-order valence-electron chi connectivity index (χ0n) is 10.6. The van der Waals surface area contributed by atoms with Crippen LogP contribution in [-0.4, -0.2) is 25.2 Å². The molecule has 1 aliphatic rings. The molecule has 1 aliphatic heterocycles. The highest BCUT2D eigenvalue weighted by Gasteiger charge is 2.25. The number of piperazine rings is 1. The van der Waals surface area contributed by atoms with Gasteiger partial charge < -0.3 is 10.2 Å². The van der Waals surface area contributed by atoms with Gasteiger partial charge in [0.05, 0.1) is 0 Å². The van der Waals surface area contributed by atoms with E-state index in [2.05, 4.69) is 55.3 Å². The highest BCUT2D eigenvalue weighted by Crippen LogP contribution is 2.21. The van der Waals surface area contributed by atoms with Crippen molar-refractivity contribution in [1.82, 2.24) is 5.32 Å². The van der Waals surface area contributed by atoms with Crippen molar-refractivity contribution in [2.75, 3.05) is 24.5 Å². The third-order valence-corrected chi connectivity index (χ3v) is 3.26. The molecule has 1 saturated heterocycles. The molecule has 1 aromatic carbocycles. The molecule has 0 spiro atoms. The monoisotopic (exact) mass is 218 g/mol. The smallest absolute Gasteiger partial charge is 0.0370 e. The molecule has 0 aliphatic carbocycles. The molecule has 0 bridgehead atoms. The van der Waals surface area contributed by atoms with E-state index < -0.39 is 0 Å². The first-order chi connectivity index (χ1) is 7.61. The molecule has 16 heavy (non-hydrogen) atoms. The summed E-state index contributed by atoms with van der Waals surface area (Å²) in [6.07, 6.45) is 1.11. The molecule has 1 heterocycles. The van der Waals surface area contributed by atoms with Crippen LogP contribution < -0.4 is 10.2 Å². The normalized spacial score (nSPS) is 19.8. The van der Waals surface area contributed by atoms with Gasteiger partial charge in [-0.25, -0.2) is 0 Å². The largest absolute Gasteiger partial charge is 0.368 e. The molecule has 0 atom stereocenters. The lowest BCUT2D eigenvalue weighted by molar-refractivity contribution is 0.353. The maximum absolute atomic E-state index is 3.55. The van der Waals surface area contributed by atoms with E-state index in [-0.39, 0.29) is 5.54 Å². The lowest BCUT2D eigenvalue weighted by Gasteiger charge is -2.40. The molecule has 2 rings (SSSR count). The molecule has 2 nitrogen and oxygen atoms in total. The topological polar surface area (TPSA) is 15.3 Å². The number of hydrogen-bond donors (Lipinski definition) is 1. The van der Waals surface area contributed by atoms with Crippen molar-refractivity contribution < 1.29 is 0 Å². The van der Waals surface area contributed by atoms with Crippen molar-refractivity contribution in [3.8, 4) is 0 Å². The van der Waals surface area contributed by atoms with E-state index in [1.54, 1.807) is 0 Å². The van der Waals surface area contributed by atoms with Crippen LogP contribution in [0.1, 0.15) is 26.3 Å². The third kappa shape index (κ3) is 2.56. The van der Waals surface area contributed by atoms with Crippen molar-refractivity contribution in [1.29, 1.82) is 0 Å². The molecule has 0 aromatic heterocycles. The molecule has 2 heteroatoms. The van der Waals surface area contributed by atoms with Crippen molar-refractivity contribution >= 4 is 5.69 Å². The standard InChI is InChI=1S/C14H22N2/c1-4-12-6-5-7-13(10-12)16-9-8-15-14(2,3)11-16/h5-7,10,15H,4,8-9,11H2,1-3H3. The molecular formula is C14H22N2. The van der Waals surface area contributed by atoms with Crippen LogP contribution in [0.4, 0.5) is 5.69 Å². The van der Waals surface area contributed by atoms with E-state index in [0.717, 1.165) is 26.1 Å². The van der Waals surface area contributed by atoms with Crippen molar-refractivity contribution in [3.63, 3.8) is 0 Å². The van der Waals surface area contributed by atoms with Crippen molar-refractivity contribution in [2.24, 2.45) is 0 Å². The first-order valence-corrected chi connectivity index (χ1v) is 6.20. The number of benzene rings is 1. The van der Waals surface area contributed by atoms with Gasteiger partial charge in [0.2, 0.25) is 0 Å². The summed E-state index contributed by atoms with van der Waals surface area (Å²) in [5.41, 5.74) is 3.02. The van der Waals surface area contributed by atoms with E-state index in [9.17, 15) is 0 Å². The first-order valence-electron chi connectivity index (χ1n) is 6.20. The third-order valence-electron chi connectivity index (χ3n) is 3.26. The van der Waals surface area contributed by atoms with Crippen LogP contribution in [0.25, 0.3) is 0 Å².